The number of rotatable bonds is 9. The third-order valence-electron chi connectivity index (χ3n) is 8.28. The van der Waals surface area contributed by atoms with Crippen LogP contribution in [0.1, 0.15) is 22.8 Å². The molecule has 1 N–H and O–H groups in total. The summed E-state index contributed by atoms with van der Waals surface area (Å²) < 4.78 is 64.2. The Balaban J connectivity index is 1.67. The molecule has 6 rings (SSSR count). The molecule has 0 spiro atoms. The quantitative estimate of drug-likeness (QED) is 0.162. The first kappa shape index (κ1) is 31.7. The van der Waals surface area contributed by atoms with Crippen LogP contribution in [0.2, 0.25) is 0 Å². The Hall–Kier alpha value is -5.29. The highest BCUT2D eigenvalue weighted by Gasteiger charge is 2.27. The molecule has 0 saturated carbocycles. The molecule has 0 bridgehead atoms. The zero-order valence-corrected chi connectivity index (χ0v) is 27.1. The number of nitrogens with one attached hydrogen (secondary N) is 1. The summed E-state index contributed by atoms with van der Waals surface area (Å²) >= 11 is 0. The van der Waals surface area contributed by atoms with Crippen LogP contribution in [0.5, 0.6) is 0 Å². The largest absolute Gasteiger partial charge is 0.455 e. The van der Waals surface area contributed by atoms with Gasteiger partial charge in [-0.3, -0.25) is 9.10 Å². The van der Waals surface area contributed by atoms with Crippen LogP contribution in [-0.2, 0) is 23.0 Å². The Kier molecular flexibility index (Phi) is 8.19. The minimum atomic E-state index is -3.77. The van der Waals surface area contributed by atoms with Gasteiger partial charge in [-0.25, -0.2) is 22.2 Å². The molecule has 3 aromatic carbocycles. The van der Waals surface area contributed by atoms with Gasteiger partial charge in [-0.15, -0.1) is 6.58 Å². The van der Waals surface area contributed by atoms with Gasteiger partial charge in [0.15, 0.2) is 0 Å². The number of allylic oxidation sites excluding steroid dienone is 1. The number of fused-ring (bicyclic) bond motifs is 2. The van der Waals surface area contributed by atoms with Crippen LogP contribution in [0.25, 0.3) is 55.7 Å². The summed E-state index contributed by atoms with van der Waals surface area (Å²) in [4.78, 5) is 18.3. The molecule has 8 nitrogen and oxygen atoms in total. The second-order valence-corrected chi connectivity index (χ2v) is 13.2. The molecule has 0 fully saturated rings. The predicted octanol–water partition coefficient (Wildman–Crippen LogP) is 7.57. The van der Waals surface area contributed by atoms with E-state index in [2.05, 4.69) is 11.9 Å². The number of carbonyl (C=O) groups excluding carboxylic acids is 1. The van der Waals surface area contributed by atoms with Gasteiger partial charge in [0.05, 0.1) is 34.4 Å². The van der Waals surface area contributed by atoms with Crippen molar-refractivity contribution < 1.29 is 26.4 Å². The van der Waals surface area contributed by atoms with Crippen molar-refractivity contribution in [2.24, 2.45) is 0 Å². The van der Waals surface area contributed by atoms with Crippen LogP contribution in [0.3, 0.4) is 0 Å². The Morgan fingerprint density at radius 1 is 1.09 bits per heavy atom. The van der Waals surface area contributed by atoms with E-state index in [1.54, 1.807) is 30.3 Å². The lowest BCUT2D eigenvalue weighted by Gasteiger charge is -2.21. The van der Waals surface area contributed by atoms with Gasteiger partial charge >= 0.3 is 0 Å². The summed E-state index contributed by atoms with van der Waals surface area (Å²) in [5.74, 6) is -1.09. The molecule has 47 heavy (non-hydrogen) atoms. The van der Waals surface area contributed by atoms with E-state index >= 15 is 4.39 Å². The smallest absolute Gasteiger partial charge is 0.255 e. The van der Waals surface area contributed by atoms with E-state index in [0.717, 1.165) is 16.1 Å². The highest BCUT2D eigenvalue weighted by molar-refractivity contribution is 7.92. The average molecular weight is 655 g/mol. The topological polar surface area (TPSA) is 97.4 Å². The van der Waals surface area contributed by atoms with E-state index in [9.17, 15) is 17.6 Å². The highest BCUT2D eigenvalue weighted by Crippen LogP contribution is 2.42. The maximum absolute atomic E-state index is 15.4. The lowest BCUT2D eigenvalue weighted by molar-refractivity contribution is 0.0964. The predicted molar refractivity (Wildman–Crippen MR) is 182 cm³/mol. The van der Waals surface area contributed by atoms with Gasteiger partial charge in [-0.05, 0) is 60.5 Å². The number of hydrogen-bond donors (Lipinski definition) is 1. The number of amides is 1. The maximum atomic E-state index is 15.4. The van der Waals surface area contributed by atoms with Gasteiger partial charge in [0.1, 0.15) is 23.0 Å². The third-order valence-corrected chi connectivity index (χ3v) is 9.47. The lowest BCUT2D eigenvalue weighted by atomic mass is 9.98. The van der Waals surface area contributed by atoms with Crippen LogP contribution >= 0.6 is 0 Å². The lowest BCUT2D eigenvalue weighted by Crippen LogP contribution is -2.25. The van der Waals surface area contributed by atoms with E-state index in [1.165, 1.54) is 44.4 Å². The molecule has 0 atom stereocenters. The molecule has 3 heterocycles. The number of aromatic nitrogens is 2. The molecule has 0 radical (unpaired) electrons. The van der Waals surface area contributed by atoms with Crippen molar-refractivity contribution in [3.05, 3.63) is 108 Å². The summed E-state index contributed by atoms with van der Waals surface area (Å²) in [6, 6.07) is 17.3. The molecule has 240 valence electrons. The number of benzene rings is 3. The van der Waals surface area contributed by atoms with Crippen molar-refractivity contribution in [1.29, 1.82) is 0 Å². The fourth-order valence-electron chi connectivity index (χ4n) is 5.87. The highest BCUT2D eigenvalue weighted by atomic mass is 32.2. The number of furan rings is 1. The standard InChI is InChI=1S/C36H32F2N4O4S/c1-6-17-42-20-26(32-27(38)9-8-10-29(32)42)34-21(7-2)13-16-28(40-34)24-18-25-31(19-30(24)41(4)47(5,44)45)46-35(33(25)36(43)39-3)22-11-14-23(37)15-12-22/h6,8-16,18-20H,1,7,17H2,2-5H3,(H,39,43). The number of carbonyl (C=O) groups is 1. The number of aryl methyl sites for hydroxylation is 1. The fourth-order valence-corrected chi connectivity index (χ4v) is 6.37. The number of halogens is 2. The molecular weight excluding hydrogens is 622 g/mol. The second-order valence-electron chi connectivity index (χ2n) is 11.2. The molecule has 0 aliphatic heterocycles. The molecule has 0 aliphatic carbocycles. The normalized spacial score (nSPS) is 11.7. The first-order valence-electron chi connectivity index (χ1n) is 14.9. The van der Waals surface area contributed by atoms with E-state index in [1.807, 2.05) is 29.8 Å². The number of hydrogen-bond acceptors (Lipinski definition) is 5. The molecule has 6 aromatic rings. The molecule has 0 unspecified atom stereocenters. The zero-order valence-electron chi connectivity index (χ0n) is 26.3. The number of anilines is 1. The summed E-state index contributed by atoms with van der Waals surface area (Å²) in [6.07, 6.45) is 5.27. The molecule has 11 heteroatoms. The molecule has 1 amide bonds. The summed E-state index contributed by atoms with van der Waals surface area (Å²) in [5.41, 5.74) is 4.65. The van der Waals surface area contributed by atoms with E-state index < -0.39 is 27.6 Å². The number of pyridine rings is 1. The Morgan fingerprint density at radius 3 is 2.49 bits per heavy atom. The van der Waals surface area contributed by atoms with Gasteiger partial charge in [0.2, 0.25) is 10.0 Å². The van der Waals surface area contributed by atoms with Crippen LogP contribution in [0.15, 0.2) is 90.0 Å². The van der Waals surface area contributed by atoms with Crippen LogP contribution < -0.4 is 9.62 Å². The van der Waals surface area contributed by atoms with Crippen LogP contribution in [0, 0.1) is 11.6 Å². The molecule has 0 saturated heterocycles. The van der Waals surface area contributed by atoms with E-state index in [4.69, 9.17) is 9.40 Å². The molecular formula is C36H32F2N4O4S. The summed E-state index contributed by atoms with van der Waals surface area (Å²) in [5, 5.41) is 3.46. The average Bonchev–Trinajstić information content (AvgIpc) is 3.62. The van der Waals surface area contributed by atoms with Gasteiger partial charge in [0, 0.05) is 60.4 Å². The van der Waals surface area contributed by atoms with Crippen molar-refractivity contribution in [3.63, 3.8) is 0 Å². The first-order chi connectivity index (χ1) is 22.5. The third kappa shape index (κ3) is 5.56. The minimum Gasteiger partial charge on any atom is -0.455 e. The summed E-state index contributed by atoms with van der Waals surface area (Å²) in [7, 11) is -0.861. The van der Waals surface area contributed by atoms with Crippen molar-refractivity contribution >= 4 is 43.5 Å². The SMILES string of the molecule is C=CCn1cc(-c2nc(-c3cc4c(C(=O)NC)c(-c5ccc(F)cc5)oc4cc3N(C)S(C)(=O)=O)ccc2CC)c2c(F)cccc21. The Morgan fingerprint density at radius 2 is 1.83 bits per heavy atom. The monoisotopic (exact) mass is 654 g/mol. The van der Waals surface area contributed by atoms with Crippen molar-refractivity contribution in [2.75, 3.05) is 24.7 Å². The zero-order chi connectivity index (χ0) is 33.6. The summed E-state index contributed by atoms with van der Waals surface area (Å²) in [6.45, 7) is 6.28. The van der Waals surface area contributed by atoms with Gasteiger partial charge in [0.25, 0.3) is 5.91 Å². The van der Waals surface area contributed by atoms with Crippen molar-refractivity contribution in [2.45, 2.75) is 19.9 Å². The van der Waals surface area contributed by atoms with Crippen molar-refractivity contribution in [1.82, 2.24) is 14.9 Å². The van der Waals surface area contributed by atoms with E-state index in [-0.39, 0.29) is 22.6 Å². The maximum Gasteiger partial charge on any atom is 0.255 e. The van der Waals surface area contributed by atoms with Crippen LogP contribution in [0.4, 0.5) is 14.5 Å². The first-order valence-corrected chi connectivity index (χ1v) is 16.7. The van der Waals surface area contributed by atoms with Gasteiger partial charge in [-0.2, -0.15) is 0 Å². The number of sulfonamides is 1. The minimum absolute atomic E-state index is 0.198. The van der Waals surface area contributed by atoms with Gasteiger partial charge < -0.3 is 14.3 Å². The van der Waals surface area contributed by atoms with Crippen molar-refractivity contribution in [3.8, 4) is 33.8 Å². The fraction of sp³-hybridized carbons (Fsp3) is 0.167. The Labute approximate surface area is 271 Å². The molecule has 0 aliphatic rings. The second kappa shape index (κ2) is 12.1. The molecule has 3 aromatic heterocycles. The number of nitrogens with zero attached hydrogens (tertiary/aromatic N) is 3. The van der Waals surface area contributed by atoms with E-state index in [0.29, 0.717) is 57.3 Å². The van der Waals surface area contributed by atoms with Crippen LogP contribution in [-0.4, -0.2) is 44.2 Å². The van der Waals surface area contributed by atoms with Gasteiger partial charge in [-0.1, -0.05) is 25.1 Å². The Bertz CT molecular complexity index is 2310.